The molecular weight excluding hydrogens is 428 g/mol. The largest absolute Gasteiger partial charge is 0.465 e. The zero-order valence-electron chi connectivity index (χ0n) is 19.8. The molecule has 5 heteroatoms. The van der Waals surface area contributed by atoms with E-state index in [1.54, 1.807) is 48.5 Å². The molecule has 3 aromatic carbocycles. The van der Waals surface area contributed by atoms with Crippen molar-refractivity contribution in [2.45, 2.75) is 58.2 Å². The Morgan fingerprint density at radius 1 is 0.882 bits per heavy atom. The van der Waals surface area contributed by atoms with Crippen LogP contribution in [0.15, 0.2) is 84.9 Å². The molecule has 1 aliphatic rings. The highest BCUT2D eigenvalue weighted by Gasteiger charge is 2.32. The molecule has 0 radical (unpaired) electrons. The van der Waals surface area contributed by atoms with Gasteiger partial charge in [-0.2, -0.15) is 0 Å². The van der Waals surface area contributed by atoms with E-state index in [1.165, 1.54) is 0 Å². The molecular formula is C29H32O5. The Kier molecular flexibility index (Phi) is 8.34. The average molecular weight is 461 g/mol. The van der Waals surface area contributed by atoms with Crippen molar-refractivity contribution >= 4 is 5.97 Å². The minimum absolute atomic E-state index is 0.0637. The molecule has 0 bridgehead atoms. The third-order valence-corrected chi connectivity index (χ3v) is 5.70. The maximum atomic E-state index is 12.3. The minimum atomic E-state index is -0.393. The normalized spacial score (nSPS) is 20.1. The fraction of sp³-hybridized carbons (Fsp3) is 0.345. The predicted octanol–water partition coefficient (Wildman–Crippen LogP) is 6.42. The zero-order chi connectivity index (χ0) is 23.8. The van der Waals surface area contributed by atoms with Crippen LogP contribution in [0.25, 0.3) is 0 Å². The van der Waals surface area contributed by atoms with Crippen LogP contribution in [0.1, 0.15) is 49.0 Å². The van der Waals surface area contributed by atoms with Crippen molar-refractivity contribution in [2.75, 3.05) is 0 Å². The van der Waals surface area contributed by atoms with E-state index in [-0.39, 0.29) is 18.2 Å². The van der Waals surface area contributed by atoms with Gasteiger partial charge in [0.05, 0.1) is 24.4 Å². The first kappa shape index (κ1) is 24.0. The molecule has 0 aliphatic carbocycles. The van der Waals surface area contributed by atoms with Gasteiger partial charge >= 0.3 is 5.97 Å². The number of carbonyl (C=O) groups is 1. The smallest absolute Gasteiger partial charge is 0.343 e. The molecule has 1 saturated heterocycles. The standard InChI is InChI=1S/C29H32O5/c1-21(2)17-27-18-26(31-20-22-9-5-3-6-10-22)19-28(33-27)32-24-13-15-25(16-14-24)34-29(30)23-11-7-4-8-12-23/h3-16,21,26-28H,17-20H2,1-2H3. The van der Waals surface area contributed by atoms with Crippen molar-refractivity contribution in [3.05, 3.63) is 96.1 Å². The highest BCUT2D eigenvalue weighted by Crippen LogP contribution is 2.29. The molecule has 3 unspecified atom stereocenters. The quantitative estimate of drug-likeness (QED) is 0.272. The van der Waals surface area contributed by atoms with Crippen LogP contribution < -0.4 is 9.47 Å². The average Bonchev–Trinajstić information content (AvgIpc) is 2.85. The van der Waals surface area contributed by atoms with Crippen LogP contribution in [-0.4, -0.2) is 24.5 Å². The van der Waals surface area contributed by atoms with E-state index in [4.69, 9.17) is 18.9 Å². The Morgan fingerprint density at radius 3 is 2.21 bits per heavy atom. The lowest BCUT2D eigenvalue weighted by Gasteiger charge is -2.36. The Labute approximate surface area is 201 Å². The highest BCUT2D eigenvalue weighted by molar-refractivity contribution is 5.90. The minimum Gasteiger partial charge on any atom is -0.465 e. The third-order valence-electron chi connectivity index (χ3n) is 5.70. The van der Waals surface area contributed by atoms with Gasteiger partial charge in [0.2, 0.25) is 6.29 Å². The molecule has 0 amide bonds. The van der Waals surface area contributed by atoms with Gasteiger partial charge in [-0.25, -0.2) is 4.79 Å². The van der Waals surface area contributed by atoms with Crippen LogP contribution in [0.3, 0.4) is 0 Å². The Balaban J connectivity index is 1.35. The summed E-state index contributed by atoms with van der Waals surface area (Å²) >= 11 is 0. The molecule has 1 heterocycles. The second-order valence-electron chi connectivity index (χ2n) is 9.05. The van der Waals surface area contributed by atoms with Crippen LogP contribution in [0.2, 0.25) is 0 Å². The summed E-state index contributed by atoms with van der Waals surface area (Å²) in [5, 5.41) is 0. The summed E-state index contributed by atoms with van der Waals surface area (Å²) in [6.45, 7) is 4.97. The maximum absolute atomic E-state index is 12.3. The lowest BCUT2D eigenvalue weighted by Crippen LogP contribution is -2.40. The number of ether oxygens (including phenoxy) is 4. The summed E-state index contributed by atoms with van der Waals surface area (Å²) in [7, 11) is 0. The van der Waals surface area contributed by atoms with Crippen LogP contribution in [0.5, 0.6) is 11.5 Å². The van der Waals surface area contributed by atoms with Crippen LogP contribution in [0, 0.1) is 5.92 Å². The van der Waals surface area contributed by atoms with Crippen molar-refractivity contribution in [3.63, 3.8) is 0 Å². The van der Waals surface area contributed by atoms with E-state index >= 15 is 0 Å². The van der Waals surface area contributed by atoms with Gasteiger partial charge in [0.1, 0.15) is 11.5 Å². The SMILES string of the molecule is CC(C)CC1CC(OCc2ccccc2)CC(Oc2ccc(OC(=O)c3ccccc3)cc2)O1. The second-order valence-corrected chi connectivity index (χ2v) is 9.05. The van der Waals surface area contributed by atoms with Gasteiger partial charge in [0.25, 0.3) is 0 Å². The number of esters is 1. The number of hydrogen-bond acceptors (Lipinski definition) is 5. The van der Waals surface area contributed by atoms with Crippen molar-refractivity contribution < 1.29 is 23.7 Å². The third kappa shape index (κ3) is 7.17. The highest BCUT2D eigenvalue weighted by atomic mass is 16.7. The number of benzene rings is 3. The summed E-state index contributed by atoms with van der Waals surface area (Å²) < 4.78 is 24.1. The number of hydrogen-bond donors (Lipinski definition) is 0. The molecule has 3 atom stereocenters. The first-order valence-corrected chi connectivity index (χ1v) is 11.9. The molecule has 34 heavy (non-hydrogen) atoms. The lowest BCUT2D eigenvalue weighted by atomic mass is 9.97. The van der Waals surface area contributed by atoms with Gasteiger partial charge in [-0.05, 0) is 54.3 Å². The van der Waals surface area contributed by atoms with Gasteiger partial charge in [-0.1, -0.05) is 62.4 Å². The van der Waals surface area contributed by atoms with Crippen molar-refractivity contribution in [1.29, 1.82) is 0 Å². The molecule has 178 valence electrons. The van der Waals surface area contributed by atoms with Crippen LogP contribution in [-0.2, 0) is 16.1 Å². The molecule has 0 spiro atoms. The van der Waals surface area contributed by atoms with E-state index in [1.807, 2.05) is 24.3 Å². The first-order valence-electron chi connectivity index (χ1n) is 11.9. The first-order chi connectivity index (χ1) is 16.5. The lowest BCUT2D eigenvalue weighted by molar-refractivity contribution is -0.190. The Morgan fingerprint density at radius 2 is 1.53 bits per heavy atom. The predicted molar refractivity (Wildman–Crippen MR) is 131 cm³/mol. The van der Waals surface area contributed by atoms with E-state index < -0.39 is 6.29 Å². The summed E-state index contributed by atoms with van der Waals surface area (Å²) in [6, 6.07) is 26.2. The second kappa shape index (κ2) is 11.8. The van der Waals surface area contributed by atoms with E-state index in [0.717, 1.165) is 18.4 Å². The van der Waals surface area contributed by atoms with Gasteiger partial charge in [0.15, 0.2) is 0 Å². The van der Waals surface area contributed by atoms with E-state index in [9.17, 15) is 4.79 Å². The monoisotopic (exact) mass is 460 g/mol. The van der Waals surface area contributed by atoms with Crippen molar-refractivity contribution in [2.24, 2.45) is 5.92 Å². The zero-order valence-corrected chi connectivity index (χ0v) is 19.8. The topological polar surface area (TPSA) is 54.0 Å². The Bertz CT molecular complexity index is 1020. The molecule has 0 aromatic heterocycles. The molecule has 5 nitrogen and oxygen atoms in total. The van der Waals surface area contributed by atoms with Gasteiger partial charge in [-0.15, -0.1) is 0 Å². The van der Waals surface area contributed by atoms with E-state index in [2.05, 4.69) is 26.0 Å². The number of carbonyl (C=O) groups excluding carboxylic acids is 1. The fourth-order valence-corrected chi connectivity index (χ4v) is 4.09. The Hall–Kier alpha value is -3.15. The van der Waals surface area contributed by atoms with Crippen LogP contribution in [0.4, 0.5) is 0 Å². The molecule has 3 aromatic rings. The number of rotatable bonds is 9. The van der Waals surface area contributed by atoms with E-state index in [0.29, 0.717) is 36.0 Å². The fourth-order valence-electron chi connectivity index (χ4n) is 4.09. The summed E-state index contributed by atoms with van der Waals surface area (Å²) in [5.74, 6) is 1.26. The molecule has 1 fully saturated rings. The van der Waals surface area contributed by atoms with Crippen molar-refractivity contribution in [3.8, 4) is 11.5 Å². The summed E-state index contributed by atoms with van der Waals surface area (Å²) in [4.78, 5) is 12.3. The maximum Gasteiger partial charge on any atom is 0.343 e. The van der Waals surface area contributed by atoms with Gasteiger partial charge < -0.3 is 18.9 Å². The molecule has 0 N–H and O–H groups in total. The van der Waals surface area contributed by atoms with Gasteiger partial charge in [0, 0.05) is 12.8 Å². The molecule has 0 saturated carbocycles. The summed E-state index contributed by atoms with van der Waals surface area (Å²) in [5.41, 5.74) is 1.67. The van der Waals surface area contributed by atoms with Crippen molar-refractivity contribution in [1.82, 2.24) is 0 Å². The molecule has 4 rings (SSSR count). The van der Waals surface area contributed by atoms with Gasteiger partial charge in [-0.3, -0.25) is 0 Å². The summed E-state index contributed by atoms with van der Waals surface area (Å²) in [6.07, 6.45) is 2.24. The van der Waals surface area contributed by atoms with Crippen LogP contribution >= 0.6 is 0 Å². The molecule has 1 aliphatic heterocycles.